The van der Waals surface area contributed by atoms with E-state index in [-0.39, 0.29) is 0 Å². The number of hydrogen-bond acceptors (Lipinski definition) is 4. The monoisotopic (exact) mass is 293 g/mol. The Morgan fingerprint density at radius 1 is 1.47 bits per heavy atom. The lowest BCUT2D eigenvalue weighted by Gasteiger charge is -2.05. The van der Waals surface area contributed by atoms with Crippen LogP contribution in [0.5, 0.6) is 0 Å². The fraction of sp³-hybridized carbons (Fsp3) is 0.364. The third-order valence-electron chi connectivity index (χ3n) is 2.77. The average molecular weight is 294 g/mol. The van der Waals surface area contributed by atoms with Crippen LogP contribution in [0.25, 0.3) is 5.82 Å². The third kappa shape index (κ3) is 2.04. The molecule has 88 valence electrons. The zero-order valence-electron chi connectivity index (χ0n) is 9.39. The van der Waals surface area contributed by atoms with Crippen LogP contribution in [0.15, 0.2) is 22.9 Å². The second kappa shape index (κ2) is 4.10. The van der Waals surface area contributed by atoms with E-state index in [0.29, 0.717) is 11.9 Å². The minimum absolute atomic E-state index is 0.590. The van der Waals surface area contributed by atoms with Gasteiger partial charge in [0, 0.05) is 25.4 Å². The molecule has 1 aliphatic carbocycles. The Labute approximate surface area is 107 Å². The summed E-state index contributed by atoms with van der Waals surface area (Å²) in [6, 6.07) is 2.06. The molecule has 2 aromatic heterocycles. The minimum atomic E-state index is 0.590. The van der Waals surface area contributed by atoms with Crippen LogP contribution < -0.4 is 5.32 Å². The molecular weight excluding hydrogens is 282 g/mol. The number of nitrogens with one attached hydrogen (secondary N) is 1. The summed E-state index contributed by atoms with van der Waals surface area (Å²) in [6.45, 7) is 0. The molecule has 1 N–H and O–H groups in total. The molecule has 1 fully saturated rings. The summed E-state index contributed by atoms with van der Waals surface area (Å²) in [5.74, 6) is 2.00. The first-order chi connectivity index (χ1) is 8.28. The van der Waals surface area contributed by atoms with E-state index in [1.54, 1.807) is 17.9 Å². The van der Waals surface area contributed by atoms with E-state index < -0.39 is 0 Å². The van der Waals surface area contributed by atoms with E-state index in [0.717, 1.165) is 16.0 Å². The summed E-state index contributed by atoms with van der Waals surface area (Å²) < 4.78 is 2.63. The molecule has 0 unspecified atom stereocenters. The van der Waals surface area contributed by atoms with Crippen LogP contribution in [0.4, 0.5) is 5.95 Å². The van der Waals surface area contributed by atoms with Gasteiger partial charge in [-0.05, 0) is 34.8 Å². The van der Waals surface area contributed by atoms with Gasteiger partial charge in [0.2, 0.25) is 5.95 Å². The molecule has 0 atom stereocenters. The maximum Gasteiger partial charge on any atom is 0.224 e. The molecule has 2 aromatic rings. The van der Waals surface area contributed by atoms with Crippen molar-refractivity contribution in [1.29, 1.82) is 0 Å². The normalized spacial score (nSPS) is 14.9. The molecule has 2 heterocycles. The number of anilines is 1. The zero-order valence-corrected chi connectivity index (χ0v) is 11.0. The van der Waals surface area contributed by atoms with Crippen LogP contribution in [0.2, 0.25) is 0 Å². The first-order valence-electron chi connectivity index (χ1n) is 5.54. The van der Waals surface area contributed by atoms with Gasteiger partial charge in [0.25, 0.3) is 0 Å². The van der Waals surface area contributed by atoms with Gasteiger partial charge in [-0.3, -0.25) is 0 Å². The van der Waals surface area contributed by atoms with Crippen molar-refractivity contribution in [3.8, 4) is 5.82 Å². The van der Waals surface area contributed by atoms with Crippen LogP contribution in [0, 0.1) is 0 Å². The lowest BCUT2D eigenvalue weighted by atomic mass is 10.3. The Hall–Kier alpha value is -1.43. The van der Waals surface area contributed by atoms with Crippen molar-refractivity contribution in [2.75, 3.05) is 12.4 Å². The van der Waals surface area contributed by atoms with Crippen molar-refractivity contribution in [2.24, 2.45) is 0 Å². The molecule has 0 aromatic carbocycles. The molecule has 0 spiro atoms. The highest BCUT2D eigenvalue weighted by atomic mass is 79.9. The summed E-state index contributed by atoms with van der Waals surface area (Å²) in [7, 11) is 1.80. The third-order valence-corrected chi connectivity index (χ3v) is 3.33. The van der Waals surface area contributed by atoms with E-state index in [4.69, 9.17) is 0 Å². The number of halogens is 1. The molecule has 3 rings (SSSR count). The topological polar surface area (TPSA) is 55.6 Å². The van der Waals surface area contributed by atoms with Gasteiger partial charge in [0.1, 0.15) is 0 Å². The van der Waals surface area contributed by atoms with Gasteiger partial charge in [-0.2, -0.15) is 10.1 Å². The second-order valence-corrected chi connectivity index (χ2v) is 4.93. The van der Waals surface area contributed by atoms with Crippen molar-refractivity contribution in [1.82, 2.24) is 19.7 Å². The Bertz CT molecular complexity index is 547. The number of hydrogen-bond donors (Lipinski definition) is 1. The summed E-state index contributed by atoms with van der Waals surface area (Å²) in [5.41, 5.74) is 1.15. The predicted molar refractivity (Wildman–Crippen MR) is 68.4 cm³/mol. The molecule has 17 heavy (non-hydrogen) atoms. The molecule has 5 nitrogen and oxygen atoms in total. The van der Waals surface area contributed by atoms with Gasteiger partial charge in [0.05, 0.1) is 10.2 Å². The Morgan fingerprint density at radius 2 is 2.29 bits per heavy atom. The molecule has 0 bridgehead atoms. The lowest BCUT2D eigenvalue weighted by molar-refractivity contribution is 0.804. The van der Waals surface area contributed by atoms with E-state index in [1.807, 2.05) is 6.20 Å². The van der Waals surface area contributed by atoms with Crippen LogP contribution in [-0.4, -0.2) is 26.8 Å². The van der Waals surface area contributed by atoms with Gasteiger partial charge < -0.3 is 5.32 Å². The smallest absolute Gasteiger partial charge is 0.224 e. The zero-order chi connectivity index (χ0) is 11.8. The van der Waals surface area contributed by atoms with Gasteiger partial charge >= 0.3 is 0 Å². The molecule has 0 radical (unpaired) electrons. The fourth-order valence-corrected chi connectivity index (χ4v) is 2.06. The lowest BCUT2D eigenvalue weighted by Crippen LogP contribution is -2.04. The van der Waals surface area contributed by atoms with Crippen molar-refractivity contribution >= 4 is 21.9 Å². The number of aromatic nitrogens is 4. The standard InChI is InChI=1S/C11H12BrN5/c1-13-11-14-6-8(12)10(15-11)17-5-4-9(16-17)7-2-3-7/h4-7H,2-3H2,1H3,(H,13,14,15). The highest BCUT2D eigenvalue weighted by molar-refractivity contribution is 9.10. The molecule has 0 amide bonds. The fourth-order valence-electron chi connectivity index (χ4n) is 1.69. The first-order valence-corrected chi connectivity index (χ1v) is 6.33. The quantitative estimate of drug-likeness (QED) is 0.944. The van der Waals surface area contributed by atoms with E-state index in [9.17, 15) is 0 Å². The largest absolute Gasteiger partial charge is 0.357 e. The number of rotatable bonds is 3. The van der Waals surface area contributed by atoms with Crippen molar-refractivity contribution in [3.63, 3.8) is 0 Å². The van der Waals surface area contributed by atoms with E-state index in [1.165, 1.54) is 12.8 Å². The Kier molecular flexibility index (Phi) is 2.58. The van der Waals surface area contributed by atoms with Crippen LogP contribution in [0.1, 0.15) is 24.5 Å². The minimum Gasteiger partial charge on any atom is -0.357 e. The first kappa shape index (κ1) is 10.7. The molecule has 0 saturated heterocycles. The molecule has 1 saturated carbocycles. The Balaban J connectivity index is 2.00. The van der Waals surface area contributed by atoms with E-state index in [2.05, 4.69) is 42.4 Å². The van der Waals surface area contributed by atoms with E-state index >= 15 is 0 Å². The molecule has 6 heteroatoms. The molecule has 1 aliphatic rings. The predicted octanol–water partition coefficient (Wildman–Crippen LogP) is 2.34. The molecule has 0 aliphatic heterocycles. The maximum atomic E-state index is 4.55. The highest BCUT2D eigenvalue weighted by Crippen LogP contribution is 2.39. The van der Waals surface area contributed by atoms with Gasteiger partial charge in [0.15, 0.2) is 5.82 Å². The highest BCUT2D eigenvalue weighted by Gasteiger charge is 2.26. The van der Waals surface area contributed by atoms with Crippen molar-refractivity contribution < 1.29 is 0 Å². The second-order valence-electron chi connectivity index (χ2n) is 4.07. The summed E-state index contributed by atoms with van der Waals surface area (Å²) in [4.78, 5) is 8.51. The summed E-state index contributed by atoms with van der Waals surface area (Å²) in [6.07, 6.45) is 6.18. The van der Waals surface area contributed by atoms with Crippen molar-refractivity contribution in [2.45, 2.75) is 18.8 Å². The maximum absolute atomic E-state index is 4.55. The Morgan fingerprint density at radius 3 is 3.00 bits per heavy atom. The van der Waals surface area contributed by atoms with Gasteiger partial charge in [-0.1, -0.05) is 0 Å². The number of nitrogens with zero attached hydrogens (tertiary/aromatic N) is 4. The average Bonchev–Trinajstić information content (AvgIpc) is 3.09. The van der Waals surface area contributed by atoms with Gasteiger partial charge in [-0.25, -0.2) is 9.67 Å². The SMILES string of the molecule is CNc1ncc(Br)c(-n2ccc(C3CC3)n2)n1. The van der Waals surface area contributed by atoms with Crippen LogP contribution in [-0.2, 0) is 0 Å². The van der Waals surface area contributed by atoms with Crippen LogP contribution >= 0.6 is 15.9 Å². The summed E-state index contributed by atoms with van der Waals surface area (Å²) in [5, 5.41) is 7.47. The van der Waals surface area contributed by atoms with Crippen LogP contribution in [0.3, 0.4) is 0 Å². The molecular formula is C11H12BrN5. The summed E-state index contributed by atoms with van der Waals surface area (Å²) >= 11 is 3.44. The van der Waals surface area contributed by atoms with Crippen molar-refractivity contribution in [3.05, 3.63) is 28.6 Å². The van der Waals surface area contributed by atoms with Gasteiger partial charge in [-0.15, -0.1) is 0 Å².